The van der Waals surface area contributed by atoms with Crippen molar-refractivity contribution in [3.8, 4) is 0 Å². The zero-order chi connectivity index (χ0) is 28.2. The number of hydrogen-bond donors (Lipinski definition) is 6. The molecule has 0 spiro atoms. The van der Waals surface area contributed by atoms with Crippen molar-refractivity contribution in [1.82, 2.24) is 10.6 Å². The topological polar surface area (TPSA) is 248 Å². The first-order valence-electron chi connectivity index (χ1n) is 11.7. The van der Waals surface area contributed by atoms with Crippen molar-refractivity contribution in [1.29, 1.82) is 0 Å². The van der Waals surface area contributed by atoms with Gasteiger partial charge >= 0.3 is 6.16 Å². The van der Waals surface area contributed by atoms with Gasteiger partial charge in [-0.25, -0.2) is 4.79 Å². The molecule has 0 bridgehead atoms. The highest BCUT2D eigenvalue weighted by Gasteiger charge is 1.93. The van der Waals surface area contributed by atoms with Crippen LogP contribution in [0.2, 0.25) is 0 Å². The number of rotatable bonds is 8. The number of unbranched alkanes of at least 4 members (excludes halogenated alkanes) is 2. The molecule has 0 saturated carbocycles. The molecule has 0 radical (unpaired) electrons. The SMILES string of the molecule is C1CCNC1.C=O.C=O.C=O.CC.CC.CCCN.CCCNCCCCCN.O.O.O=C(O)O.[HH].[HH].[HH]. The van der Waals surface area contributed by atoms with Crippen molar-refractivity contribution >= 4 is 26.5 Å². The van der Waals surface area contributed by atoms with Crippen LogP contribution in [-0.2, 0) is 14.4 Å². The second-order valence-corrected chi connectivity index (χ2v) is 5.13. The fourth-order valence-electron chi connectivity index (χ4n) is 1.50. The van der Waals surface area contributed by atoms with Gasteiger partial charge in [-0.2, -0.15) is 0 Å². The van der Waals surface area contributed by atoms with Crippen LogP contribution < -0.4 is 22.1 Å². The number of hydrogen-bond acceptors (Lipinski definition) is 8. The molecule has 0 aromatic carbocycles. The van der Waals surface area contributed by atoms with Gasteiger partial charge in [0.05, 0.1) is 0 Å². The summed E-state index contributed by atoms with van der Waals surface area (Å²) >= 11 is 0. The smallest absolute Gasteiger partial charge is 0.450 e. The van der Waals surface area contributed by atoms with E-state index in [4.69, 9.17) is 40.9 Å². The summed E-state index contributed by atoms with van der Waals surface area (Å²) in [4.78, 5) is 32.6. The van der Waals surface area contributed by atoms with Gasteiger partial charge < -0.3 is 57.6 Å². The maximum Gasteiger partial charge on any atom is 0.503 e. The van der Waals surface area contributed by atoms with Gasteiger partial charge in [-0.05, 0) is 77.8 Å². The van der Waals surface area contributed by atoms with E-state index in [0.717, 1.165) is 32.6 Å². The lowest BCUT2D eigenvalue weighted by Crippen LogP contribution is -2.16. The molecule has 1 aliphatic heterocycles. The highest BCUT2D eigenvalue weighted by Crippen LogP contribution is 1.90. The largest absolute Gasteiger partial charge is 0.503 e. The molecule has 0 unspecified atom stereocenters. The van der Waals surface area contributed by atoms with E-state index in [2.05, 4.69) is 24.5 Å². The molecule has 1 aliphatic rings. The molecule has 1 heterocycles. The van der Waals surface area contributed by atoms with Crippen LogP contribution in [0.1, 0.15) is 90.8 Å². The van der Waals surface area contributed by atoms with Crippen LogP contribution >= 0.6 is 0 Å². The normalized spacial score (nSPS) is 8.57. The van der Waals surface area contributed by atoms with Gasteiger partial charge in [0.25, 0.3) is 0 Å². The van der Waals surface area contributed by atoms with Gasteiger partial charge in [0.2, 0.25) is 0 Å². The Balaban J connectivity index is -0.0000000179. The highest BCUT2D eigenvalue weighted by molar-refractivity contribution is 5.53. The van der Waals surface area contributed by atoms with Crippen LogP contribution in [0, 0.1) is 0 Å². The zero-order valence-electron chi connectivity index (χ0n) is 23.5. The van der Waals surface area contributed by atoms with E-state index in [1.54, 1.807) is 0 Å². The number of carboxylic acid groups (broad SMARTS) is 2. The molecule has 0 aromatic heterocycles. The summed E-state index contributed by atoms with van der Waals surface area (Å²) in [7, 11) is 0. The van der Waals surface area contributed by atoms with Gasteiger partial charge in [0.1, 0.15) is 20.4 Å². The molecule has 12 N–H and O–H groups in total. The molecule has 0 aliphatic carbocycles. The lowest BCUT2D eigenvalue weighted by atomic mass is 10.2. The first-order valence-corrected chi connectivity index (χ1v) is 11.7. The van der Waals surface area contributed by atoms with Crippen molar-refractivity contribution in [2.45, 2.75) is 86.5 Å². The second kappa shape index (κ2) is 120. The minimum atomic E-state index is -1.83. The molecule has 228 valence electrons. The van der Waals surface area contributed by atoms with Gasteiger partial charge in [-0.15, -0.1) is 0 Å². The summed E-state index contributed by atoms with van der Waals surface area (Å²) in [6, 6.07) is 0. The van der Waals surface area contributed by atoms with Gasteiger partial charge in [0.15, 0.2) is 0 Å². The molecule has 12 nitrogen and oxygen atoms in total. The maximum absolute atomic E-state index is 8.56. The fraction of sp³-hybridized carbons (Fsp3) is 0.826. The van der Waals surface area contributed by atoms with Crippen LogP contribution in [0.25, 0.3) is 0 Å². The van der Waals surface area contributed by atoms with Crippen molar-refractivity contribution in [2.75, 3.05) is 39.3 Å². The fourth-order valence-corrected chi connectivity index (χ4v) is 1.50. The summed E-state index contributed by atoms with van der Waals surface area (Å²) in [6.45, 7) is 24.7. The van der Waals surface area contributed by atoms with E-state index in [0.29, 0.717) is 0 Å². The van der Waals surface area contributed by atoms with E-state index < -0.39 is 6.16 Å². The molecule has 1 saturated heterocycles. The Bertz CT molecular complexity index is 244. The first-order chi connectivity index (χ1) is 16.1. The lowest BCUT2D eigenvalue weighted by Gasteiger charge is -2.00. The third kappa shape index (κ3) is 237. The maximum atomic E-state index is 8.56. The predicted molar refractivity (Wildman–Crippen MR) is 156 cm³/mol. The van der Waals surface area contributed by atoms with Crippen LogP contribution in [-0.4, -0.2) is 87.0 Å². The van der Waals surface area contributed by atoms with Crippen molar-refractivity contribution in [3.05, 3.63) is 0 Å². The predicted octanol–water partition coefficient (Wildman–Crippen LogP) is 2.65. The molecular weight excluding hydrogens is 460 g/mol. The lowest BCUT2D eigenvalue weighted by molar-refractivity contribution is -0.0987. The molecule has 0 atom stereocenters. The molecular formula is C23H68N4O8. The number of nitrogens with one attached hydrogen (secondary N) is 2. The van der Waals surface area contributed by atoms with Crippen LogP contribution in [0.4, 0.5) is 4.79 Å². The van der Waals surface area contributed by atoms with Crippen LogP contribution in [0.5, 0.6) is 0 Å². The van der Waals surface area contributed by atoms with E-state index in [1.807, 2.05) is 48.1 Å². The minimum absolute atomic E-state index is 0. The first kappa shape index (κ1) is 63.9. The minimum Gasteiger partial charge on any atom is -0.450 e. The Labute approximate surface area is 219 Å². The summed E-state index contributed by atoms with van der Waals surface area (Å²) in [5.41, 5.74) is 10.4. The zero-order valence-corrected chi connectivity index (χ0v) is 23.5. The van der Waals surface area contributed by atoms with Gasteiger partial charge in [-0.1, -0.05) is 48.0 Å². The van der Waals surface area contributed by atoms with E-state index in [1.165, 1.54) is 51.6 Å². The highest BCUT2D eigenvalue weighted by atomic mass is 16.6. The average Bonchev–Trinajstić information content (AvgIpc) is 3.48. The molecule has 1 fully saturated rings. The Morgan fingerprint density at radius 3 is 1.31 bits per heavy atom. The Morgan fingerprint density at radius 2 is 1.11 bits per heavy atom. The molecule has 35 heavy (non-hydrogen) atoms. The van der Waals surface area contributed by atoms with E-state index in [9.17, 15) is 0 Å². The standard InChI is InChI=1S/C8H20N2.C4H9N.C3H9N.2C2H6.CH2O3.3CH2O.2H2O.3H2/c1-2-7-10-8-5-3-4-6-9;1-2-4-5-3-1;1-2-3-4;2*1-2;2-1(3)4;3*1-2;;;;;/h10H,2-9H2,1H3;5H,1-4H2;2-4H2,1H3;2*1-2H3;(H2,2,3,4);3*1H2;2*1H2;3*1H. The summed E-state index contributed by atoms with van der Waals surface area (Å²) in [5, 5.41) is 20.5. The monoisotopic (exact) mass is 529 g/mol. The Hall–Kier alpha value is -1.96. The molecule has 0 aromatic rings. The van der Waals surface area contributed by atoms with Gasteiger partial charge in [-0.3, -0.25) is 0 Å². The third-order valence-electron chi connectivity index (χ3n) is 2.73. The van der Waals surface area contributed by atoms with Crippen molar-refractivity contribution in [2.24, 2.45) is 11.5 Å². The van der Waals surface area contributed by atoms with Crippen molar-refractivity contribution < 1.29 is 44.6 Å². The molecule has 12 heteroatoms. The number of carbonyl (C=O) groups is 4. The second-order valence-electron chi connectivity index (χ2n) is 5.13. The summed E-state index contributed by atoms with van der Waals surface area (Å²) in [6.07, 6.45) is 7.00. The quantitative estimate of drug-likeness (QED) is 0.251. The van der Waals surface area contributed by atoms with Crippen LogP contribution in [0.3, 0.4) is 0 Å². The average molecular weight is 529 g/mol. The number of carbonyl (C=O) groups excluding carboxylic acids is 3. The summed E-state index contributed by atoms with van der Waals surface area (Å²) in [5.74, 6) is 0. The Morgan fingerprint density at radius 1 is 0.771 bits per heavy atom. The summed E-state index contributed by atoms with van der Waals surface area (Å²) < 4.78 is 0. The van der Waals surface area contributed by atoms with Crippen LogP contribution in [0.15, 0.2) is 0 Å². The number of nitrogens with two attached hydrogens (primary N) is 2. The molecule has 0 amide bonds. The van der Waals surface area contributed by atoms with Gasteiger partial charge in [0, 0.05) is 4.28 Å². The third-order valence-corrected chi connectivity index (χ3v) is 2.73. The van der Waals surface area contributed by atoms with E-state index in [-0.39, 0.29) is 15.2 Å². The van der Waals surface area contributed by atoms with E-state index >= 15 is 0 Å². The Kier molecular flexibility index (Phi) is 219. The van der Waals surface area contributed by atoms with Crippen molar-refractivity contribution in [3.63, 3.8) is 0 Å². The molecule has 1 rings (SSSR count).